The lowest BCUT2D eigenvalue weighted by molar-refractivity contribution is -0.137. The van der Waals surface area contributed by atoms with Gasteiger partial charge in [0.2, 0.25) is 5.91 Å². The van der Waals surface area contributed by atoms with E-state index in [0.29, 0.717) is 16.5 Å². The molecule has 1 N–H and O–H groups in total. The largest absolute Gasteiger partial charge is 0.416 e. The molecule has 2 aromatic carbocycles. The van der Waals surface area contributed by atoms with Gasteiger partial charge in [-0.3, -0.25) is 9.36 Å². The summed E-state index contributed by atoms with van der Waals surface area (Å²) in [7, 11) is 0. The van der Waals surface area contributed by atoms with Crippen LogP contribution in [-0.4, -0.2) is 26.4 Å². The van der Waals surface area contributed by atoms with Crippen LogP contribution in [0.1, 0.15) is 24.4 Å². The average Bonchev–Trinajstić information content (AvgIpc) is 3.47. The van der Waals surface area contributed by atoms with Gasteiger partial charge in [-0.1, -0.05) is 35.5 Å². The molecule has 1 fully saturated rings. The van der Waals surface area contributed by atoms with Crippen LogP contribution in [0.5, 0.6) is 0 Å². The number of halogens is 5. The highest BCUT2D eigenvalue weighted by atomic mass is 35.5. The second-order valence-corrected chi connectivity index (χ2v) is 8.27. The molecule has 1 aliphatic rings. The smallest absolute Gasteiger partial charge is 0.324 e. The van der Waals surface area contributed by atoms with Crippen LogP contribution in [-0.2, 0) is 11.0 Å². The number of carbonyl (C=O) groups excluding carboxylic acids is 1. The Bertz CT molecular complexity index is 1130. The molecule has 1 aliphatic carbocycles. The fourth-order valence-corrected chi connectivity index (χ4v) is 3.95. The fraction of sp³-hybridized carbons (Fsp3) is 0.250. The monoisotopic (exact) mass is 470 g/mol. The third-order valence-electron chi connectivity index (χ3n) is 4.59. The van der Waals surface area contributed by atoms with Crippen LogP contribution >= 0.6 is 23.4 Å². The molecule has 0 spiro atoms. The van der Waals surface area contributed by atoms with E-state index in [4.69, 9.17) is 11.6 Å². The minimum Gasteiger partial charge on any atom is -0.324 e. The molecule has 0 atom stereocenters. The van der Waals surface area contributed by atoms with Crippen molar-refractivity contribution in [1.29, 1.82) is 0 Å². The summed E-state index contributed by atoms with van der Waals surface area (Å²) in [5, 5.41) is 11.0. The van der Waals surface area contributed by atoms with Gasteiger partial charge in [0.05, 0.1) is 27.6 Å². The second kappa shape index (κ2) is 8.51. The Morgan fingerprint density at radius 1 is 1.19 bits per heavy atom. The lowest BCUT2D eigenvalue weighted by Crippen LogP contribution is -2.16. The van der Waals surface area contributed by atoms with Crippen LogP contribution in [0.25, 0.3) is 11.4 Å². The second-order valence-electron chi connectivity index (χ2n) is 6.92. The zero-order chi connectivity index (χ0) is 22.2. The number of nitrogens with zero attached hydrogens (tertiary/aromatic N) is 3. The number of hydrogen-bond donors (Lipinski definition) is 1. The molecule has 11 heteroatoms. The molecule has 0 saturated heterocycles. The first-order valence-electron chi connectivity index (χ1n) is 9.23. The quantitative estimate of drug-likeness (QED) is 0.364. The summed E-state index contributed by atoms with van der Waals surface area (Å²) in [4.78, 5) is 12.3. The highest BCUT2D eigenvalue weighted by molar-refractivity contribution is 7.99. The number of rotatable bonds is 6. The summed E-state index contributed by atoms with van der Waals surface area (Å²) in [5.41, 5.74) is -0.727. The first kappa shape index (κ1) is 21.6. The molecule has 0 bridgehead atoms. The third-order valence-corrected chi connectivity index (χ3v) is 5.86. The van der Waals surface area contributed by atoms with Crippen LogP contribution in [0, 0.1) is 5.82 Å². The first-order chi connectivity index (χ1) is 14.7. The van der Waals surface area contributed by atoms with Crippen LogP contribution in [0.4, 0.5) is 23.2 Å². The van der Waals surface area contributed by atoms with Gasteiger partial charge < -0.3 is 5.32 Å². The van der Waals surface area contributed by atoms with Gasteiger partial charge in [-0.05, 0) is 43.2 Å². The van der Waals surface area contributed by atoms with E-state index in [2.05, 4.69) is 15.5 Å². The number of alkyl halides is 3. The van der Waals surface area contributed by atoms with Crippen molar-refractivity contribution < 1.29 is 22.4 Å². The van der Waals surface area contributed by atoms with E-state index >= 15 is 0 Å². The average molecular weight is 471 g/mol. The van der Waals surface area contributed by atoms with Crippen molar-refractivity contribution in [2.75, 3.05) is 11.1 Å². The molecule has 31 heavy (non-hydrogen) atoms. The Kier molecular flexibility index (Phi) is 5.94. The Hall–Kier alpha value is -2.59. The normalized spacial score (nSPS) is 14.0. The molecule has 1 heterocycles. The topological polar surface area (TPSA) is 59.8 Å². The predicted molar refractivity (Wildman–Crippen MR) is 109 cm³/mol. The van der Waals surface area contributed by atoms with Gasteiger partial charge in [0.15, 0.2) is 11.0 Å². The van der Waals surface area contributed by atoms with Gasteiger partial charge in [0.1, 0.15) is 5.82 Å². The molecule has 1 saturated carbocycles. The fourth-order valence-electron chi connectivity index (χ4n) is 2.98. The molecular formula is C20H15ClF4N4OS. The minimum absolute atomic E-state index is 0.00524. The minimum atomic E-state index is -4.55. The zero-order valence-electron chi connectivity index (χ0n) is 15.8. The van der Waals surface area contributed by atoms with E-state index in [1.165, 1.54) is 6.07 Å². The van der Waals surface area contributed by atoms with Crippen molar-refractivity contribution in [3.63, 3.8) is 0 Å². The molecule has 162 valence electrons. The number of amides is 1. The number of benzene rings is 2. The lowest BCUT2D eigenvalue weighted by Gasteiger charge is -2.12. The number of nitrogens with one attached hydrogen (secondary N) is 1. The van der Waals surface area contributed by atoms with Crippen molar-refractivity contribution in [1.82, 2.24) is 14.8 Å². The number of carbonyl (C=O) groups is 1. The molecule has 1 aromatic heterocycles. The standard InChI is InChI=1S/C20H15ClF4N4OS/c21-14-8-5-11(20(23,24)25)9-16(14)26-17(30)10-31-19-28-27-18(29(19)12-6-7-12)13-3-1-2-4-15(13)22/h1-5,8-9,12H,6-7,10H2,(H,26,30). The summed E-state index contributed by atoms with van der Waals surface area (Å²) < 4.78 is 54.7. The molecular weight excluding hydrogens is 456 g/mol. The van der Waals surface area contributed by atoms with E-state index in [9.17, 15) is 22.4 Å². The molecule has 4 rings (SSSR count). The van der Waals surface area contributed by atoms with Crippen molar-refractivity contribution in [2.24, 2.45) is 0 Å². The third kappa shape index (κ3) is 4.85. The van der Waals surface area contributed by atoms with Crippen LogP contribution in [0.2, 0.25) is 5.02 Å². The lowest BCUT2D eigenvalue weighted by atomic mass is 10.2. The van der Waals surface area contributed by atoms with Gasteiger partial charge in [-0.25, -0.2) is 4.39 Å². The van der Waals surface area contributed by atoms with Gasteiger partial charge in [0.25, 0.3) is 0 Å². The van der Waals surface area contributed by atoms with E-state index in [1.54, 1.807) is 22.8 Å². The van der Waals surface area contributed by atoms with Gasteiger partial charge in [0, 0.05) is 6.04 Å². The summed E-state index contributed by atoms with van der Waals surface area (Å²) >= 11 is 6.99. The van der Waals surface area contributed by atoms with Crippen LogP contribution < -0.4 is 5.32 Å². The van der Waals surface area contributed by atoms with Gasteiger partial charge in [-0.2, -0.15) is 13.2 Å². The van der Waals surface area contributed by atoms with Gasteiger partial charge in [-0.15, -0.1) is 10.2 Å². The molecule has 1 amide bonds. The first-order valence-corrected chi connectivity index (χ1v) is 10.6. The van der Waals surface area contributed by atoms with Crippen molar-refractivity contribution in [3.05, 3.63) is 58.9 Å². The summed E-state index contributed by atoms with van der Waals surface area (Å²) in [6.45, 7) is 0. The SMILES string of the molecule is O=C(CSc1nnc(-c2ccccc2F)n1C1CC1)Nc1cc(C(F)(F)F)ccc1Cl. The molecule has 0 aliphatic heterocycles. The number of aromatic nitrogens is 3. The van der Waals surface area contributed by atoms with E-state index < -0.39 is 23.5 Å². The van der Waals surface area contributed by atoms with Crippen LogP contribution in [0.15, 0.2) is 47.6 Å². The van der Waals surface area contributed by atoms with Gasteiger partial charge >= 0.3 is 6.18 Å². The van der Waals surface area contributed by atoms with Crippen molar-refractivity contribution in [3.8, 4) is 11.4 Å². The zero-order valence-corrected chi connectivity index (χ0v) is 17.4. The molecule has 5 nitrogen and oxygen atoms in total. The molecule has 3 aromatic rings. The molecule has 0 radical (unpaired) electrons. The van der Waals surface area contributed by atoms with Crippen molar-refractivity contribution >= 4 is 35.0 Å². The highest BCUT2D eigenvalue weighted by Crippen LogP contribution is 2.41. The van der Waals surface area contributed by atoms with Crippen molar-refractivity contribution in [2.45, 2.75) is 30.2 Å². The maximum atomic E-state index is 14.2. The number of thioether (sulfide) groups is 1. The summed E-state index contributed by atoms with van der Waals surface area (Å²) in [6.07, 6.45) is -2.78. The highest BCUT2D eigenvalue weighted by Gasteiger charge is 2.32. The Labute approximate surface area is 183 Å². The number of hydrogen-bond acceptors (Lipinski definition) is 4. The Morgan fingerprint density at radius 2 is 1.94 bits per heavy atom. The Morgan fingerprint density at radius 3 is 2.61 bits per heavy atom. The van der Waals surface area contributed by atoms with E-state index in [-0.39, 0.29) is 22.5 Å². The number of anilines is 1. The maximum Gasteiger partial charge on any atom is 0.416 e. The predicted octanol–water partition coefficient (Wildman–Crippen LogP) is 5.82. The van der Waals surface area contributed by atoms with E-state index in [1.807, 2.05) is 0 Å². The summed E-state index contributed by atoms with van der Waals surface area (Å²) in [5.74, 6) is -0.729. The maximum absolute atomic E-state index is 14.2. The van der Waals surface area contributed by atoms with E-state index in [0.717, 1.165) is 42.8 Å². The Balaban J connectivity index is 1.49. The summed E-state index contributed by atoms with van der Waals surface area (Å²) in [6, 6.07) is 9.04. The van der Waals surface area contributed by atoms with Crippen LogP contribution in [0.3, 0.4) is 0 Å². The molecule has 0 unspecified atom stereocenters.